The Hall–Kier alpha value is -2.24. The highest BCUT2D eigenvalue weighted by atomic mass is 16.3. The standard InChI is InChI=1S/C17H20N4O/c1-21-12-19-17(20-21)11-18-10-16(22)9-13-6-7-14-4-2-3-5-15(14)8-13/h2-8,12,16,18,22H,9-11H2,1H3. The second kappa shape index (κ2) is 6.68. The summed E-state index contributed by atoms with van der Waals surface area (Å²) in [7, 11) is 1.84. The predicted octanol–water partition coefficient (Wildman–Crippen LogP) is 1.66. The molecule has 3 rings (SSSR count). The molecule has 0 radical (unpaired) electrons. The summed E-state index contributed by atoms with van der Waals surface area (Å²) < 4.78 is 1.67. The van der Waals surface area contributed by atoms with E-state index in [1.807, 2.05) is 19.2 Å². The fourth-order valence-corrected chi connectivity index (χ4v) is 2.53. The van der Waals surface area contributed by atoms with Gasteiger partial charge in [0.25, 0.3) is 0 Å². The van der Waals surface area contributed by atoms with Gasteiger partial charge in [0, 0.05) is 13.6 Å². The number of hydrogen-bond donors (Lipinski definition) is 2. The van der Waals surface area contributed by atoms with E-state index < -0.39 is 6.10 Å². The first kappa shape index (κ1) is 14.7. The highest BCUT2D eigenvalue weighted by Crippen LogP contribution is 2.16. The lowest BCUT2D eigenvalue weighted by Gasteiger charge is -2.11. The lowest BCUT2D eigenvalue weighted by Crippen LogP contribution is -2.28. The summed E-state index contributed by atoms with van der Waals surface area (Å²) in [6.45, 7) is 1.08. The van der Waals surface area contributed by atoms with E-state index in [1.54, 1.807) is 11.0 Å². The Morgan fingerprint density at radius 3 is 2.77 bits per heavy atom. The van der Waals surface area contributed by atoms with Gasteiger partial charge >= 0.3 is 0 Å². The summed E-state index contributed by atoms with van der Waals surface area (Å²) in [6.07, 6.45) is 1.88. The van der Waals surface area contributed by atoms with Crippen LogP contribution in [0.2, 0.25) is 0 Å². The van der Waals surface area contributed by atoms with Crippen LogP contribution in [0.25, 0.3) is 10.8 Å². The van der Waals surface area contributed by atoms with Crippen molar-refractivity contribution in [1.29, 1.82) is 0 Å². The van der Waals surface area contributed by atoms with E-state index in [1.165, 1.54) is 10.8 Å². The minimum atomic E-state index is -0.426. The second-order valence-electron chi connectivity index (χ2n) is 5.50. The van der Waals surface area contributed by atoms with Crippen molar-refractivity contribution in [2.45, 2.75) is 19.1 Å². The van der Waals surface area contributed by atoms with E-state index in [9.17, 15) is 5.11 Å². The quantitative estimate of drug-likeness (QED) is 0.726. The molecule has 1 aromatic heterocycles. The number of hydrogen-bond acceptors (Lipinski definition) is 4. The smallest absolute Gasteiger partial charge is 0.164 e. The number of fused-ring (bicyclic) bond motifs is 1. The molecular formula is C17H20N4O. The van der Waals surface area contributed by atoms with Gasteiger partial charge in [-0.25, -0.2) is 4.98 Å². The topological polar surface area (TPSA) is 63.0 Å². The molecule has 5 nitrogen and oxygen atoms in total. The zero-order valence-electron chi connectivity index (χ0n) is 12.6. The van der Waals surface area contributed by atoms with Crippen molar-refractivity contribution in [3.8, 4) is 0 Å². The zero-order valence-corrected chi connectivity index (χ0v) is 12.6. The van der Waals surface area contributed by atoms with Crippen LogP contribution in [0.1, 0.15) is 11.4 Å². The van der Waals surface area contributed by atoms with Gasteiger partial charge in [-0.15, -0.1) is 0 Å². The van der Waals surface area contributed by atoms with Gasteiger partial charge in [0.1, 0.15) is 6.33 Å². The van der Waals surface area contributed by atoms with Gasteiger partial charge in [0.15, 0.2) is 5.82 Å². The van der Waals surface area contributed by atoms with Crippen LogP contribution in [-0.4, -0.2) is 32.5 Å². The van der Waals surface area contributed by atoms with Crippen LogP contribution in [0.5, 0.6) is 0 Å². The van der Waals surface area contributed by atoms with Crippen molar-refractivity contribution >= 4 is 10.8 Å². The molecule has 0 spiro atoms. The molecule has 1 atom stereocenters. The molecule has 0 fully saturated rings. The minimum Gasteiger partial charge on any atom is -0.391 e. The Morgan fingerprint density at radius 2 is 2.00 bits per heavy atom. The van der Waals surface area contributed by atoms with Gasteiger partial charge in [-0.1, -0.05) is 42.5 Å². The maximum absolute atomic E-state index is 10.1. The molecule has 1 unspecified atom stereocenters. The number of aliphatic hydroxyl groups excluding tert-OH is 1. The van der Waals surface area contributed by atoms with Gasteiger partial charge in [-0.05, 0) is 22.8 Å². The van der Waals surface area contributed by atoms with Gasteiger partial charge in [0.2, 0.25) is 0 Å². The highest BCUT2D eigenvalue weighted by Gasteiger charge is 2.07. The Morgan fingerprint density at radius 1 is 1.18 bits per heavy atom. The fraction of sp³-hybridized carbons (Fsp3) is 0.294. The van der Waals surface area contributed by atoms with Crippen molar-refractivity contribution in [2.75, 3.05) is 6.54 Å². The Labute approximate surface area is 129 Å². The molecule has 0 amide bonds. The molecule has 114 valence electrons. The Balaban J connectivity index is 1.52. The van der Waals surface area contributed by atoms with Gasteiger partial charge in [-0.3, -0.25) is 4.68 Å². The lowest BCUT2D eigenvalue weighted by molar-refractivity contribution is 0.171. The summed E-state index contributed by atoms with van der Waals surface area (Å²) in [5.41, 5.74) is 1.14. The van der Waals surface area contributed by atoms with E-state index >= 15 is 0 Å². The van der Waals surface area contributed by atoms with Crippen molar-refractivity contribution < 1.29 is 5.11 Å². The number of nitrogens with one attached hydrogen (secondary N) is 1. The molecule has 2 N–H and O–H groups in total. The highest BCUT2D eigenvalue weighted by molar-refractivity contribution is 5.82. The van der Waals surface area contributed by atoms with Crippen LogP contribution in [0.3, 0.4) is 0 Å². The van der Waals surface area contributed by atoms with E-state index in [0.717, 1.165) is 11.4 Å². The second-order valence-corrected chi connectivity index (χ2v) is 5.50. The number of nitrogens with zero attached hydrogens (tertiary/aromatic N) is 3. The summed E-state index contributed by atoms with van der Waals surface area (Å²) >= 11 is 0. The third kappa shape index (κ3) is 3.69. The van der Waals surface area contributed by atoms with Crippen molar-refractivity contribution in [3.05, 3.63) is 60.2 Å². The molecule has 3 aromatic rings. The molecule has 0 aliphatic rings. The fourth-order valence-electron chi connectivity index (χ4n) is 2.53. The van der Waals surface area contributed by atoms with E-state index in [2.05, 4.69) is 45.7 Å². The summed E-state index contributed by atoms with van der Waals surface area (Å²) in [5.74, 6) is 0.736. The Bertz CT molecular complexity index is 753. The Kier molecular flexibility index (Phi) is 4.46. The lowest BCUT2D eigenvalue weighted by atomic mass is 10.0. The summed E-state index contributed by atoms with van der Waals surface area (Å²) in [6, 6.07) is 14.6. The van der Waals surface area contributed by atoms with Crippen LogP contribution in [0, 0.1) is 0 Å². The van der Waals surface area contributed by atoms with Crippen molar-refractivity contribution in [1.82, 2.24) is 20.1 Å². The first-order chi connectivity index (χ1) is 10.7. The predicted molar refractivity (Wildman–Crippen MR) is 86.4 cm³/mol. The van der Waals surface area contributed by atoms with Crippen LogP contribution >= 0.6 is 0 Å². The number of aliphatic hydroxyl groups is 1. The summed E-state index contributed by atoms with van der Waals surface area (Å²) in [4.78, 5) is 4.14. The molecule has 22 heavy (non-hydrogen) atoms. The molecule has 0 saturated heterocycles. The van der Waals surface area contributed by atoms with Gasteiger partial charge in [0.05, 0.1) is 12.6 Å². The molecule has 1 heterocycles. The molecule has 0 bridgehead atoms. The van der Waals surface area contributed by atoms with Crippen LogP contribution in [0.4, 0.5) is 0 Å². The van der Waals surface area contributed by atoms with E-state index in [0.29, 0.717) is 19.5 Å². The third-order valence-corrected chi connectivity index (χ3v) is 3.60. The molecule has 2 aromatic carbocycles. The third-order valence-electron chi connectivity index (χ3n) is 3.60. The monoisotopic (exact) mass is 296 g/mol. The molecule has 5 heteroatoms. The van der Waals surface area contributed by atoms with Gasteiger partial charge in [-0.2, -0.15) is 5.10 Å². The van der Waals surface area contributed by atoms with Crippen molar-refractivity contribution in [3.63, 3.8) is 0 Å². The average Bonchev–Trinajstić information content (AvgIpc) is 2.92. The van der Waals surface area contributed by atoms with Crippen LogP contribution in [-0.2, 0) is 20.0 Å². The SMILES string of the molecule is Cn1cnc(CNCC(O)Cc2ccc3ccccc3c2)n1. The normalized spacial score (nSPS) is 12.6. The number of rotatable bonds is 6. The summed E-state index contributed by atoms with van der Waals surface area (Å²) in [5, 5.41) is 19.9. The zero-order chi connectivity index (χ0) is 15.4. The number of aryl methyl sites for hydroxylation is 1. The molecule has 0 aliphatic heterocycles. The van der Waals surface area contributed by atoms with Gasteiger partial charge < -0.3 is 10.4 Å². The first-order valence-corrected chi connectivity index (χ1v) is 7.42. The maximum Gasteiger partial charge on any atom is 0.164 e. The number of benzene rings is 2. The van der Waals surface area contributed by atoms with E-state index in [-0.39, 0.29) is 0 Å². The largest absolute Gasteiger partial charge is 0.391 e. The maximum atomic E-state index is 10.1. The van der Waals surface area contributed by atoms with Crippen LogP contribution in [0.15, 0.2) is 48.8 Å². The van der Waals surface area contributed by atoms with Crippen molar-refractivity contribution in [2.24, 2.45) is 7.05 Å². The molecule has 0 saturated carbocycles. The van der Waals surface area contributed by atoms with Crippen LogP contribution < -0.4 is 5.32 Å². The van der Waals surface area contributed by atoms with E-state index in [4.69, 9.17) is 0 Å². The number of aromatic nitrogens is 3. The first-order valence-electron chi connectivity index (χ1n) is 7.42. The minimum absolute atomic E-state index is 0.426. The average molecular weight is 296 g/mol. The molecule has 0 aliphatic carbocycles. The molecular weight excluding hydrogens is 276 g/mol.